The van der Waals surface area contributed by atoms with Crippen LogP contribution in [0.1, 0.15) is 22.5 Å². The average Bonchev–Trinajstić information content (AvgIpc) is 2.92. The summed E-state index contributed by atoms with van der Waals surface area (Å²) in [5.41, 5.74) is 0. The van der Waals surface area contributed by atoms with Gasteiger partial charge in [-0.1, -0.05) is 0 Å². The maximum absolute atomic E-state index is 12.6. The first-order chi connectivity index (χ1) is 9.90. The Labute approximate surface area is 134 Å². The lowest BCUT2D eigenvalue weighted by molar-refractivity contribution is 0.0678. The molecule has 1 aliphatic heterocycles. The quantitative estimate of drug-likeness (QED) is 0.825. The van der Waals surface area contributed by atoms with Crippen LogP contribution in [0, 0.1) is 5.92 Å². The van der Waals surface area contributed by atoms with E-state index in [9.17, 15) is 13.2 Å². The molecule has 0 unspecified atom stereocenters. The summed E-state index contributed by atoms with van der Waals surface area (Å²) in [5, 5.41) is 1.94. The molecular weight excluding hydrogens is 328 g/mol. The molecule has 2 heterocycles. The maximum Gasteiger partial charge on any atom is 0.265 e. The molecule has 2 rings (SSSR count). The third kappa shape index (κ3) is 4.70. The molecule has 1 aliphatic rings. The lowest BCUT2D eigenvalue weighted by Gasteiger charge is -2.32. The van der Waals surface area contributed by atoms with Gasteiger partial charge in [-0.2, -0.15) is 0 Å². The van der Waals surface area contributed by atoms with Crippen LogP contribution in [0.4, 0.5) is 0 Å². The number of hydrogen-bond acceptors (Lipinski definition) is 5. The zero-order chi connectivity index (χ0) is 15.5. The summed E-state index contributed by atoms with van der Waals surface area (Å²) >= 11 is 3.05. The molecule has 0 radical (unpaired) electrons. The predicted octanol–water partition coefficient (Wildman–Crippen LogP) is 1.87. The lowest BCUT2D eigenvalue weighted by Crippen LogP contribution is -2.43. The Balaban J connectivity index is 1.99. The van der Waals surface area contributed by atoms with Crippen LogP contribution in [0.5, 0.6) is 0 Å². The fourth-order valence-corrected chi connectivity index (χ4v) is 4.69. The summed E-state index contributed by atoms with van der Waals surface area (Å²) in [7, 11) is -3.17. The summed E-state index contributed by atoms with van der Waals surface area (Å²) < 4.78 is 24.9. The number of nitrogens with zero attached hydrogens (tertiary/aromatic N) is 1. The molecular formula is C13H20N2O3S3. The Morgan fingerprint density at radius 1 is 1.57 bits per heavy atom. The highest BCUT2D eigenvalue weighted by atomic mass is 32.2. The van der Waals surface area contributed by atoms with Crippen molar-refractivity contribution in [1.82, 2.24) is 9.62 Å². The number of carbonyl (C=O) groups is 1. The summed E-state index contributed by atoms with van der Waals surface area (Å²) in [6.07, 6.45) is 5.00. The number of likely N-dealkylation sites (tertiary alicyclic amines) is 1. The zero-order valence-electron chi connectivity index (χ0n) is 12.2. The zero-order valence-corrected chi connectivity index (χ0v) is 14.6. The van der Waals surface area contributed by atoms with Gasteiger partial charge in [0.1, 0.15) is 4.88 Å². The van der Waals surface area contributed by atoms with Crippen LogP contribution in [0.3, 0.4) is 0 Å². The Bertz CT molecular complexity index is 598. The molecule has 0 bridgehead atoms. The van der Waals surface area contributed by atoms with Gasteiger partial charge >= 0.3 is 0 Å². The van der Waals surface area contributed by atoms with Crippen molar-refractivity contribution in [2.45, 2.75) is 17.7 Å². The molecule has 8 heteroatoms. The Hall–Kier alpha value is -0.570. The third-order valence-electron chi connectivity index (χ3n) is 3.48. The van der Waals surface area contributed by atoms with Gasteiger partial charge in [-0.25, -0.2) is 13.1 Å². The highest BCUT2D eigenvalue weighted by Crippen LogP contribution is 2.28. The van der Waals surface area contributed by atoms with Crippen LogP contribution in [0.2, 0.25) is 0 Å². The number of rotatable bonds is 5. The van der Waals surface area contributed by atoms with Crippen molar-refractivity contribution in [1.29, 1.82) is 0 Å². The van der Waals surface area contributed by atoms with Gasteiger partial charge in [0.05, 0.1) is 6.26 Å². The van der Waals surface area contributed by atoms with Crippen molar-refractivity contribution in [3.05, 3.63) is 16.3 Å². The van der Waals surface area contributed by atoms with Gasteiger partial charge in [-0.3, -0.25) is 4.79 Å². The molecule has 21 heavy (non-hydrogen) atoms. The molecule has 1 fully saturated rings. The molecule has 5 nitrogen and oxygen atoms in total. The molecule has 1 atom stereocenters. The SMILES string of the molecule is CSc1ccsc1C(=O)N1CCC[C@@H](CNS(C)(=O)=O)C1. The minimum Gasteiger partial charge on any atom is -0.338 e. The Morgan fingerprint density at radius 2 is 2.33 bits per heavy atom. The van der Waals surface area contributed by atoms with Gasteiger partial charge in [0.25, 0.3) is 5.91 Å². The fraction of sp³-hybridized carbons (Fsp3) is 0.615. The van der Waals surface area contributed by atoms with Crippen molar-refractivity contribution in [2.24, 2.45) is 5.92 Å². The Kier molecular flexibility index (Phi) is 5.70. The van der Waals surface area contributed by atoms with Crippen molar-refractivity contribution >= 4 is 39.0 Å². The fourth-order valence-electron chi connectivity index (χ4n) is 2.44. The number of nitrogens with one attached hydrogen (secondary N) is 1. The largest absolute Gasteiger partial charge is 0.338 e. The van der Waals surface area contributed by atoms with Crippen LogP contribution in [0.15, 0.2) is 16.3 Å². The normalized spacial score (nSPS) is 19.7. The van der Waals surface area contributed by atoms with E-state index in [0.717, 1.165) is 35.4 Å². The van der Waals surface area contributed by atoms with E-state index in [1.54, 1.807) is 11.8 Å². The minimum atomic E-state index is -3.17. The van der Waals surface area contributed by atoms with E-state index >= 15 is 0 Å². The first kappa shape index (κ1) is 16.8. The number of amides is 1. The number of thiophene rings is 1. The monoisotopic (exact) mass is 348 g/mol. The van der Waals surface area contributed by atoms with Gasteiger partial charge < -0.3 is 4.90 Å². The molecule has 1 amide bonds. The number of piperidine rings is 1. The van der Waals surface area contributed by atoms with Crippen LogP contribution in [-0.4, -0.2) is 51.4 Å². The topological polar surface area (TPSA) is 66.5 Å². The molecule has 1 aromatic heterocycles. The van der Waals surface area contributed by atoms with Crippen molar-refractivity contribution in [3.8, 4) is 0 Å². The average molecular weight is 349 g/mol. The predicted molar refractivity (Wildman–Crippen MR) is 87.6 cm³/mol. The van der Waals surface area contributed by atoms with Crippen molar-refractivity contribution in [2.75, 3.05) is 32.1 Å². The van der Waals surface area contributed by atoms with E-state index in [2.05, 4.69) is 4.72 Å². The number of hydrogen-bond donors (Lipinski definition) is 1. The number of sulfonamides is 1. The second kappa shape index (κ2) is 7.13. The van der Waals surface area contributed by atoms with E-state index in [1.807, 2.05) is 22.6 Å². The third-order valence-corrected chi connectivity index (χ3v) is 5.99. The maximum atomic E-state index is 12.6. The van der Waals surface area contributed by atoms with E-state index in [4.69, 9.17) is 0 Å². The van der Waals surface area contributed by atoms with Crippen LogP contribution < -0.4 is 4.72 Å². The first-order valence-corrected chi connectivity index (χ1v) is 10.8. The smallest absolute Gasteiger partial charge is 0.265 e. The molecule has 1 N–H and O–H groups in total. The standard InChI is InChI=1S/C13H20N2O3S3/c1-19-11-5-7-20-12(11)13(16)15-6-3-4-10(9-15)8-14-21(2,17)18/h5,7,10,14H,3-4,6,8-9H2,1-2H3/t10-/m0/s1. The molecule has 0 saturated carbocycles. The summed E-state index contributed by atoms with van der Waals surface area (Å²) in [6.45, 7) is 1.77. The Morgan fingerprint density at radius 3 is 3.00 bits per heavy atom. The van der Waals surface area contributed by atoms with Gasteiger partial charge in [0.2, 0.25) is 10.0 Å². The van der Waals surface area contributed by atoms with E-state index in [0.29, 0.717) is 13.1 Å². The summed E-state index contributed by atoms with van der Waals surface area (Å²) in [4.78, 5) is 16.2. The second-order valence-electron chi connectivity index (χ2n) is 5.20. The molecule has 1 saturated heterocycles. The van der Waals surface area contributed by atoms with Crippen molar-refractivity contribution < 1.29 is 13.2 Å². The lowest BCUT2D eigenvalue weighted by atomic mass is 9.98. The number of carbonyl (C=O) groups excluding carboxylic acids is 1. The van der Waals surface area contributed by atoms with Gasteiger partial charge in [0.15, 0.2) is 0 Å². The molecule has 0 spiro atoms. The van der Waals surface area contributed by atoms with Crippen LogP contribution in [-0.2, 0) is 10.0 Å². The highest BCUT2D eigenvalue weighted by Gasteiger charge is 2.26. The number of thioether (sulfide) groups is 1. The van der Waals surface area contributed by atoms with E-state index in [-0.39, 0.29) is 11.8 Å². The molecule has 0 aromatic carbocycles. The highest BCUT2D eigenvalue weighted by molar-refractivity contribution is 7.98. The van der Waals surface area contributed by atoms with E-state index in [1.165, 1.54) is 11.3 Å². The molecule has 118 valence electrons. The summed E-state index contributed by atoms with van der Waals surface area (Å²) in [5.74, 6) is 0.258. The minimum absolute atomic E-state index is 0.0680. The van der Waals surface area contributed by atoms with Gasteiger partial charge in [0, 0.05) is 24.5 Å². The molecule has 1 aromatic rings. The van der Waals surface area contributed by atoms with E-state index < -0.39 is 10.0 Å². The molecule has 0 aliphatic carbocycles. The first-order valence-electron chi connectivity index (χ1n) is 6.76. The van der Waals surface area contributed by atoms with Gasteiger partial charge in [-0.15, -0.1) is 23.1 Å². The van der Waals surface area contributed by atoms with Crippen LogP contribution in [0.25, 0.3) is 0 Å². The summed E-state index contributed by atoms with van der Waals surface area (Å²) in [6, 6.07) is 1.97. The van der Waals surface area contributed by atoms with Crippen LogP contribution >= 0.6 is 23.1 Å². The van der Waals surface area contributed by atoms with Crippen molar-refractivity contribution in [3.63, 3.8) is 0 Å². The van der Waals surface area contributed by atoms with Gasteiger partial charge in [-0.05, 0) is 36.5 Å². The second-order valence-corrected chi connectivity index (χ2v) is 8.80.